The number of nitrogens with zero attached hydrogens (tertiary/aromatic N) is 2. The second kappa shape index (κ2) is 4.46. The summed E-state index contributed by atoms with van der Waals surface area (Å²) in [6, 6.07) is 0. The molecule has 0 spiro atoms. The maximum Gasteiger partial charge on any atom is 0.264 e. The van der Waals surface area contributed by atoms with Gasteiger partial charge in [0, 0.05) is 13.0 Å². The third-order valence-electron chi connectivity index (χ3n) is 1.14. The van der Waals surface area contributed by atoms with Crippen molar-refractivity contribution in [3.05, 3.63) is 11.1 Å². The normalized spacial score (nSPS) is 8.92. The van der Waals surface area contributed by atoms with Crippen molar-refractivity contribution in [3.63, 3.8) is 0 Å². The number of hydrogen-bond donors (Lipinski definition) is 1. The van der Waals surface area contributed by atoms with Gasteiger partial charge in [0.05, 0.1) is 6.20 Å². The van der Waals surface area contributed by atoms with E-state index >= 15 is 0 Å². The standard InChI is InChI=1S/C7H7N3OS/c1-2-3-4-8-7(11)6-5-9-10-12-6/h1,5H,3-4H2,(H,8,11). The van der Waals surface area contributed by atoms with Crippen LogP contribution >= 0.6 is 11.5 Å². The Hall–Kier alpha value is -1.41. The largest absolute Gasteiger partial charge is 0.350 e. The highest BCUT2D eigenvalue weighted by molar-refractivity contribution is 7.07. The molecule has 0 unspecified atom stereocenters. The summed E-state index contributed by atoms with van der Waals surface area (Å²) >= 11 is 1.06. The lowest BCUT2D eigenvalue weighted by molar-refractivity contribution is 0.0958. The van der Waals surface area contributed by atoms with Gasteiger partial charge in [-0.3, -0.25) is 4.79 Å². The molecule has 5 heteroatoms. The molecule has 0 aliphatic heterocycles. The van der Waals surface area contributed by atoms with Crippen LogP contribution in [0.1, 0.15) is 16.1 Å². The fourth-order valence-corrected chi connectivity index (χ4v) is 1.03. The van der Waals surface area contributed by atoms with Gasteiger partial charge in [0.2, 0.25) is 0 Å². The number of amides is 1. The Morgan fingerprint density at radius 3 is 3.25 bits per heavy atom. The molecule has 0 atom stereocenters. The fraction of sp³-hybridized carbons (Fsp3) is 0.286. The van der Waals surface area contributed by atoms with Crippen molar-refractivity contribution < 1.29 is 4.79 Å². The van der Waals surface area contributed by atoms with E-state index in [2.05, 4.69) is 20.8 Å². The van der Waals surface area contributed by atoms with Crippen molar-refractivity contribution in [3.8, 4) is 12.3 Å². The molecule has 1 N–H and O–H groups in total. The molecule has 0 aromatic carbocycles. The van der Waals surface area contributed by atoms with E-state index in [0.717, 1.165) is 11.5 Å². The van der Waals surface area contributed by atoms with Gasteiger partial charge in [-0.25, -0.2) is 0 Å². The van der Waals surface area contributed by atoms with E-state index in [1.807, 2.05) is 0 Å². The molecule has 0 saturated heterocycles. The van der Waals surface area contributed by atoms with Gasteiger partial charge in [0.15, 0.2) is 0 Å². The van der Waals surface area contributed by atoms with Crippen molar-refractivity contribution in [2.45, 2.75) is 6.42 Å². The van der Waals surface area contributed by atoms with Crippen LogP contribution < -0.4 is 5.32 Å². The lowest BCUT2D eigenvalue weighted by Gasteiger charge is -1.97. The highest BCUT2D eigenvalue weighted by Gasteiger charge is 2.05. The first kappa shape index (κ1) is 8.68. The van der Waals surface area contributed by atoms with E-state index in [4.69, 9.17) is 6.42 Å². The fourth-order valence-electron chi connectivity index (χ4n) is 0.603. The molecule has 1 heterocycles. The first-order chi connectivity index (χ1) is 5.84. The van der Waals surface area contributed by atoms with E-state index in [1.165, 1.54) is 6.20 Å². The minimum atomic E-state index is -0.166. The molecule has 1 rings (SSSR count). The van der Waals surface area contributed by atoms with Crippen molar-refractivity contribution >= 4 is 17.4 Å². The second-order valence-corrected chi connectivity index (χ2v) is 2.78. The van der Waals surface area contributed by atoms with Crippen molar-refractivity contribution in [2.24, 2.45) is 0 Å². The summed E-state index contributed by atoms with van der Waals surface area (Å²) in [7, 11) is 0. The Bertz CT molecular complexity index is 288. The Kier molecular flexibility index (Phi) is 3.23. The third kappa shape index (κ3) is 2.32. The number of hydrogen-bond acceptors (Lipinski definition) is 4. The molecule has 0 fully saturated rings. The van der Waals surface area contributed by atoms with E-state index in [-0.39, 0.29) is 5.91 Å². The van der Waals surface area contributed by atoms with Crippen LogP contribution in [0.15, 0.2) is 6.20 Å². The van der Waals surface area contributed by atoms with Crippen LogP contribution in [0.4, 0.5) is 0 Å². The maximum absolute atomic E-state index is 11.1. The zero-order valence-electron chi connectivity index (χ0n) is 6.28. The summed E-state index contributed by atoms with van der Waals surface area (Å²) in [6.45, 7) is 0.493. The van der Waals surface area contributed by atoms with Crippen molar-refractivity contribution in [1.29, 1.82) is 0 Å². The quantitative estimate of drug-likeness (QED) is 0.538. The van der Waals surface area contributed by atoms with Crippen LogP contribution in [0.3, 0.4) is 0 Å². The van der Waals surface area contributed by atoms with Gasteiger partial charge in [-0.05, 0) is 11.5 Å². The van der Waals surface area contributed by atoms with Gasteiger partial charge in [-0.15, -0.1) is 17.4 Å². The first-order valence-electron chi connectivity index (χ1n) is 3.33. The number of carbonyl (C=O) groups is 1. The summed E-state index contributed by atoms with van der Waals surface area (Å²) in [6.07, 6.45) is 6.98. The van der Waals surface area contributed by atoms with Gasteiger partial charge >= 0.3 is 0 Å². The molecule has 1 aromatic rings. The maximum atomic E-state index is 11.1. The average Bonchev–Trinajstić information content (AvgIpc) is 2.56. The minimum absolute atomic E-state index is 0.166. The Morgan fingerprint density at radius 2 is 2.67 bits per heavy atom. The van der Waals surface area contributed by atoms with Crippen LogP contribution in [-0.4, -0.2) is 22.0 Å². The lowest BCUT2D eigenvalue weighted by Crippen LogP contribution is -2.23. The number of aromatic nitrogens is 2. The molecule has 1 amide bonds. The summed E-state index contributed by atoms with van der Waals surface area (Å²) < 4.78 is 3.56. The summed E-state index contributed by atoms with van der Waals surface area (Å²) in [5.74, 6) is 2.26. The molecular formula is C7H7N3OS. The van der Waals surface area contributed by atoms with Crippen molar-refractivity contribution in [2.75, 3.05) is 6.54 Å². The van der Waals surface area contributed by atoms with E-state index in [1.54, 1.807) is 0 Å². The zero-order valence-corrected chi connectivity index (χ0v) is 7.10. The van der Waals surface area contributed by atoms with Gasteiger partial charge < -0.3 is 5.32 Å². The average molecular weight is 181 g/mol. The molecule has 0 aliphatic carbocycles. The predicted molar refractivity (Wildman–Crippen MR) is 45.7 cm³/mol. The third-order valence-corrected chi connectivity index (χ3v) is 1.80. The highest BCUT2D eigenvalue weighted by atomic mass is 32.1. The van der Waals surface area contributed by atoms with Crippen LogP contribution in [0.5, 0.6) is 0 Å². The smallest absolute Gasteiger partial charge is 0.264 e. The van der Waals surface area contributed by atoms with Gasteiger partial charge in [-0.2, -0.15) is 0 Å². The van der Waals surface area contributed by atoms with Crippen molar-refractivity contribution in [1.82, 2.24) is 14.9 Å². The van der Waals surface area contributed by atoms with Crippen LogP contribution in [0.25, 0.3) is 0 Å². The Balaban J connectivity index is 2.36. The molecule has 12 heavy (non-hydrogen) atoms. The predicted octanol–water partition coefficient (Wildman–Crippen LogP) is 0.291. The van der Waals surface area contributed by atoms with Gasteiger partial charge in [0.1, 0.15) is 4.88 Å². The molecule has 0 aliphatic rings. The number of terminal acetylenes is 1. The monoisotopic (exact) mass is 181 g/mol. The number of carbonyl (C=O) groups excluding carboxylic acids is 1. The van der Waals surface area contributed by atoms with Gasteiger partial charge in [-0.1, -0.05) is 4.49 Å². The molecule has 0 bridgehead atoms. The van der Waals surface area contributed by atoms with Crippen LogP contribution in [0.2, 0.25) is 0 Å². The minimum Gasteiger partial charge on any atom is -0.350 e. The molecule has 62 valence electrons. The van der Waals surface area contributed by atoms with E-state index < -0.39 is 0 Å². The summed E-state index contributed by atoms with van der Waals surface area (Å²) in [4.78, 5) is 11.6. The van der Waals surface area contributed by atoms with Crippen LogP contribution in [0, 0.1) is 12.3 Å². The molecule has 0 radical (unpaired) electrons. The highest BCUT2D eigenvalue weighted by Crippen LogP contribution is 2.00. The van der Waals surface area contributed by atoms with Gasteiger partial charge in [0.25, 0.3) is 5.91 Å². The molecule has 0 saturated carbocycles. The summed E-state index contributed by atoms with van der Waals surface area (Å²) in [5, 5.41) is 6.17. The van der Waals surface area contributed by atoms with Crippen LogP contribution in [-0.2, 0) is 0 Å². The lowest BCUT2D eigenvalue weighted by atomic mass is 10.4. The van der Waals surface area contributed by atoms with E-state index in [9.17, 15) is 4.79 Å². The zero-order chi connectivity index (χ0) is 8.81. The molecule has 1 aromatic heterocycles. The summed E-state index contributed by atoms with van der Waals surface area (Å²) in [5.41, 5.74) is 0. The number of rotatable bonds is 3. The molecule has 4 nitrogen and oxygen atoms in total. The topological polar surface area (TPSA) is 54.9 Å². The molecular weight excluding hydrogens is 174 g/mol. The second-order valence-electron chi connectivity index (χ2n) is 1.99. The first-order valence-corrected chi connectivity index (χ1v) is 4.11. The Labute approximate surface area is 74.2 Å². The Morgan fingerprint density at radius 1 is 1.83 bits per heavy atom. The SMILES string of the molecule is C#CCCNC(=O)c1cnns1. The van der Waals surface area contributed by atoms with E-state index in [0.29, 0.717) is 17.8 Å². The number of nitrogens with one attached hydrogen (secondary N) is 1.